The van der Waals surface area contributed by atoms with E-state index in [4.69, 9.17) is 9.84 Å². The zero-order chi connectivity index (χ0) is 18.8. The number of amides is 1. The van der Waals surface area contributed by atoms with Gasteiger partial charge in [-0.15, -0.1) is 0 Å². The van der Waals surface area contributed by atoms with E-state index in [0.29, 0.717) is 6.42 Å². The molecule has 0 saturated heterocycles. The Morgan fingerprint density at radius 2 is 1.88 bits per heavy atom. The molecule has 25 heavy (non-hydrogen) atoms. The molecule has 1 unspecified atom stereocenters. The second kappa shape index (κ2) is 10.3. The third-order valence-electron chi connectivity index (χ3n) is 3.36. The highest BCUT2D eigenvalue weighted by Gasteiger charge is 2.25. The van der Waals surface area contributed by atoms with Crippen molar-refractivity contribution in [3.63, 3.8) is 0 Å². The van der Waals surface area contributed by atoms with Gasteiger partial charge in [-0.2, -0.15) is 0 Å². The molecule has 0 aliphatic heterocycles. The maximum absolute atomic E-state index is 12.4. The van der Waals surface area contributed by atoms with Gasteiger partial charge >= 0.3 is 11.9 Å². The van der Waals surface area contributed by atoms with Gasteiger partial charge in [0, 0.05) is 6.42 Å². The van der Waals surface area contributed by atoms with E-state index < -0.39 is 18.0 Å². The number of hydrogen-bond acceptors (Lipinski definition) is 4. The van der Waals surface area contributed by atoms with Crippen molar-refractivity contribution in [1.29, 1.82) is 0 Å². The van der Waals surface area contributed by atoms with E-state index >= 15 is 0 Å². The fourth-order valence-electron chi connectivity index (χ4n) is 2.21. The van der Waals surface area contributed by atoms with Crippen LogP contribution in [0.1, 0.15) is 50.4 Å². The summed E-state index contributed by atoms with van der Waals surface area (Å²) in [5.74, 6) is -2.01. The summed E-state index contributed by atoms with van der Waals surface area (Å²) in [6.45, 7) is 5.82. The fraction of sp³-hybridized carbons (Fsp3) is 0.421. The topological polar surface area (TPSA) is 92.7 Å². The summed E-state index contributed by atoms with van der Waals surface area (Å²) >= 11 is 0. The molecule has 0 radical (unpaired) electrons. The lowest BCUT2D eigenvalue weighted by molar-refractivity contribution is -0.139. The van der Waals surface area contributed by atoms with E-state index in [9.17, 15) is 14.4 Å². The molecule has 0 spiro atoms. The number of benzene rings is 1. The van der Waals surface area contributed by atoms with Gasteiger partial charge < -0.3 is 15.2 Å². The van der Waals surface area contributed by atoms with Gasteiger partial charge in [-0.3, -0.25) is 4.79 Å². The van der Waals surface area contributed by atoms with Crippen molar-refractivity contribution in [3.05, 3.63) is 42.0 Å². The summed E-state index contributed by atoms with van der Waals surface area (Å²) in [6.07, 6.45) is 5.03. The molecule has 0 bridgehead atoms. The van der Waals surface area contributed by atoms with Gasteiger partial charge in [0.1, 0.15) is 17.4 Å². The first kappa shape index (κ1) is 20.4. The molecule has 2 N–H and O–H groups in total. The van der Waals surface area contributed by atoms with Gasteiger partial charge in [0.05, 0.1) is 0 Å². The minimum atomic E-state index is -1.18. The summed E-state index contributed by atoms with van der Waals surface area (Å²) in [4.78, 5) is 35.6. The normalized spacial score (nSPS) is 12.2. The quantitative estimate of drug-likeness (QED) is 0.406. The van der Waals surface area contributed by atoms with Crippen LogP contribution >= 0.6 is 0 Å². The Kier molecular flexibility index (Phi) is 8.39. The molecule has 1 amide bonds. The molecule has 136 valence electrons. The Morgan fingerprint density at radius 1 is 1.20 bits per heavy atom. The van der Waals surface area contributed by atoms with Gasteiger partial charge in [-0.1, -0.05) is 45.1 Å². The van der Waals surface area contributed by atoms with Crippen LogP contribution in [0.25, 0.3) is 0 Å². The van der Waals surface area contributed by atoms with Crippen LogP contribution in [0.3, 0.4) is 0 Å². The first-order valence-electron chi connectivity index (χ1n) is 8.33. The smallest absolute Gasteiger partial charge is 0.339 e. The number of carboxylic acids is 1. The third-order valence-corrected chi connectivity index (χ3v) is 3.36. The maximum atomic E-state index is 12.4. The molecule has 6 heteroatoms. The van der Waals surface area contributed by atoms with Gasteiger partial charge in [0.15, 0.2) is 0 Å². The van der Waals surface area contributed by atoms with Crippen LogP contribution in [0.4, 0.5) is 0 Å². The van der Waals surface area contributed by atoms with Crippen LogP contribution < -0.4 is 10.1 Å². The number of carbonyl (C=O) groups excluding carboxylic acids is 2. The first-order chi connectivity index (χ1) is 11.8. The van der Waals surface area contributed by atoms with Gasteiger partial charge in [0.2, 0.25) is 5.91 Å². The number of hydrogen-bond donors (Lipinski definition) is 2. The largest absolute Gasteiger partial charge is 0.478 e. The Bertz CT molecular complexity index is 636. The third kappa shape index (κ3) is 7.20. The summed E-state index contributed by atoms with van der Waals surface area (Å²) in [6, 6.07) is 5.08. The standard InChI is InChI=1S/C19H25NO5/c1-4-5-6-11-17(21)20-15(12-13(2)3)19(24)25-16-10-8-7-9-14(16)18(22)23/h5-10,13,15H,4,11-12H2,1-3H3,(H,20,21)(H,22,23)/b6-5-. The van der Waals surface area contributed by atoms with E-state index in [1.54, 1.807) is 18.2 Å². The van der Waals surface area contributed by atoms with Gasteiger partial charge in [-0.25, -0.2) is 9.59 Å². The van der Waals surface area contributed by atoms with E-state index in [1.165, 1.54) is 12.1 Å². The number of ether oxygens (including phenoxy) is 1. The molecule has 6 nitrogen and oxygen atoms in total. The molecule has 0 saturated carbocycles. The molecular weight excluding hydrogens is 322 g/mol. The minimum absolute atomic E-state index is 0.0334. The van der Waals surface area contributed by atoms with Crippen LogP contribution in [0.5, 0.6) is 5.75 Å². The van der Waals surface area contributed by atoms with Crippen molar-refractivity contribution < 1.29 is 24.2 Å². The summed E-state index contributed by atoms with van der Waals surface area (Å²) < 4.78 is 5.24. The Balaban J connectivity index is 2.85. The van der Waals surface area contributed by atoms with Gasteiger partial charge in [-0.05, 0) is 30.9 Å². The minimum Gasteiger partial charge on any atom is -0.478 e. The number of carboxylic acid groups (broad SMARTS) is 1. The van der Waals surface area contributed by atoms with Crippen molar-refractivity contribution in [2.24, 2.45) is 5.92 Å². The second-order valence-electron chi connectivity index (χ2n) is 6.06. The predicted molar refractivity (Wildman–Crippen MR) is 94.5 cm³/mol. The number of esters is 1. The lowest BCUT2D eigenvalue weighted by atomic mass is 10.0. The highest BCUT2D eigenvalue weighted by Crippen LogP contribution is 2.19. The predicted octanol–water partition coefficient (Wildman–Crippen LogP) is 3.18. The Hall–Kier alpha value is -2.63. The second-order valence-corrected chi connectivity index (χ2v) is 6.06. The van der Waals surface area contributed by atoms with Crippen LogP contribution in [-0.2, 0) is 9.59 Å². The number of aromatic carboxylic acids is 1. The van der Waals surface area contributed by atoms with Crippen molar-refractivity contribution in [2.75, 3.05) is 0 Å². The monoisotopic (exact) mass is 347 g/mol. The summed E-state index contributed by atoms with van der Waals surface area (Å²) in [5.41, 5.74) is -0.101. The summed E-state index contributed by atoms with van der Waals surface area (Å²) in [5, 5.41) is 11.8. The van der Waals surface area contributed by atoms with Crippen LogP contribution in [-0.4, -0.2) is 29.0 Å². The molecule has 0 heterocycles. The van der Waals surface area contributed by atoms with Crippen molar-refractivity contribution >= 4 is 17.8 Å². The number of carbonyl (C=O) groups is 3. The molecule has 1 aromatic rings. The van der Waals surface area contributed by atoms with Crippen LogP contribution in [0.2, 0.25) is 0 Å². The molecule has 1 aromatic carbocycles. The highest BCUT2D eigenvalue weighted by molar-refractivity contribution is 5.93. The van der Waals surface area contributed by atoms with Crippen LogP contribution in [0.15, 0.2) is 36.4 Å². The average Bonchev–Trinajstić information content (AvgIpc) is 2.54. The lowest BCUT2D eigenvalue weighted by Crippen LogP contribution is -2.43. The fourth-order valence-corrected chi connectivity index (χ4v) is 2.21. The average molecular weight is 347 g/mol. The SMILES string of the molecule is CC/C=C\CC(=O)NC(CC(C)C)C(=O)Oc1ccccc1C(=O)O. The molecule has 1 rings (SSSR count). The molecule has 0 aliphatic rings. The first-order valence-corrected chi connectivity index (χ1v) is 8.33. The Labute approximate surface area is 147 Å². The number of allylic oxidation sites excluding steroid dienone is 1. The highest BCUT2D eigenvalue weighted by atomic mass is 16.5. The zero-order valence-electron chi connectivity index (χ0n) is 14.8. The van der Waals surface area contributed by atoms with Gasteiger partial charge in [0.25, 0.3) is 0 Å². The summed E-state index contributed by atoms with van der Waals surface area (Å²) in [7, 11) is 0. The number of para-hydroxylation sites is 1. The van der Waals surface area contributed by atoms with Crippen molar-refractivity contribution in [1.82, 2.24) is 5.32 Å². The van der Waals surface area contributed by atoms with Crippen molar-refractivity contribution in [3.8, 4) is 5.75 Å². The molecule has 0 aromatic heterocycles. The maximum Gasteiger partial charge on any atom is 0.339 e. The van der Waals surface area contributed by atoms with E-state index in [-0.39, 0.29) is 29.6 Å². The molecule has 0 fully saturated rings. The van der Waals surface area contributed by atoms with Crippen molar-refractivity contribution in [2.45, 2.75) is 46.1 Å². The van der Waals surface area contributed by atoms with E-state index in [1.807, 2.05) is 26.8 Å². The molecule has 0 aliphatic carbocycles. The molecule has 1 atom stereocenters. The van der Waals surface area contributed by atoms with Crippen LogP contribution in [0, 0.1) is 5.92 Å². The number of rotatable bonds is 9. The van der Waals surface area contributed by atoms with E-state index in [0.717, 1.165) is 6.42 Å². The Morgan fingerprint density at radius 3 is 2.48 bits per heavy atom. The lowest BCUT2D eigenvalue weighted by Gasteiger charge is -2.19. The zero-order valence-corrected chi connectivity index (χ0v) is 14.8. The number of nitrogens with one attached hydrogen (secondary N) is 1. The van der Waals surface area contributed by atoms with E-state index in [2.05, 4.69) is 5.32 Å². The molecular formula is C19H25NO5.